The van der Waals surface area contributed by atoms with E-state index in [9.17, 15) is 4.39 Å². The van der Waals surface area contributed by atoms with Gasteiger partial charge >= 0.3 is 0 Å². The third kappa shape index (κ3) is 6.26. The van der Waals surface area contributed by atoms with Gasteiger partial charge in [-0.25, -0.2) is 4.39 Å². The van der Waals surface area contributed by atoms with Crippen LogP contribution in [0.3, 0.4) is 0 Å². The van der Waals surface area contributed by atoms with Crippen molar-refractivity contribution in [2.75, 3.05) is 52.5 Å². The molecule has 7 heteroatoms. The lowest BCUT2D eigenvalue weighted by Crippen LogP contribution is -2.40. The van der Waals surface area contributed by atoms with E-state index in [1.807, 2.05) is 6.92 Å². The van der Waals surface area contributed by atoms with Crippen LogP contribution in [0.2, 0.25) is 5.02 Å². The van der Waals surface area contributed by atoms with E-state index in [1.54, 1.807) is 12.1 Å². The van der Waals surface area contributed by atoms with Crippen LogP contribution in [0.5, 0.6) is 0 Å². The van der Waals surface area contributed by atoms with Crippen LogP contribution in [0.25, 0.3) is 0 Å². The molecule has 0 atom stereocenters. The Morgan fingerprint density at radius 1 is 1.33 bits per heavy atom. The predicted molar refractivity (Wildman–Crippen MR) is 96.4 cm³/mol. The third-order valence-electron chi connectivity index (χ3n) is 3.86. The molecule has 0 radical (unpaired) electrons. The monoisotopic (exact) mass is 356 g/mol. The molecule has 1 heterocycles. The average Bonchev–Trinajstić information content (AvgIpc) is 2.58. The number of hydrogen-bond donors (Lipinski definition) is 2. The van der Waals surface area contributed by atoms with Crippen molar-refractivity contribution in [1.29, 1.82) is 0 Å². The van der Waals surface area contributed by atoms with Crippen molar-refractivity contribution < 1.29 is 9.13 Å². The van der Waals surface area contributed by atoms with Gasteiger partial charge in [0.25, 0.3) is 0 Å². The van der Waals surface area contributed by atoms with Crippen molar-refractivity contribution in [2.24, 2.45) is 4.99 Å². The summed E-state index contributed by atoms with van der Waals surface area (Å²) in [5, 5.41) is 6.90. The third-order valence-corrected chi connectivity index (χ3v) is 4.22. The van der Waals surface area contributed by atoms with Gasteiger partial charge in [-0.15, -0.1) is 0 Å². The van der Waals surface area contributed by atoms with Gasteiger partial charge in [-0.05, 0) is 25.5 Å². The molecule has 2 rings (SSSR count). The van der Waals surface area contributed by atoms with Gasteiger partial charge < -0.3 is 15.4 Å². The first-order valence-electron chi connectivity index (χ1n) is 8.46. The standard InChI is InChI=1S/C17H26ClFN4O/c1-2-20-17(22-8-9-23-10-12-24-13-11-23)21-7-6-14-15(18)4-3-5-16(14)19/h3-5H,2,6-13H2,1H3,(H2,20,21,22). The lowest BCUT2D eigenvalue weighted by atomic mass is 10.1. The molecular weight excluding hydrogens is 331 g/mol. The average molecular weight is 357 g/mol. The van der Waals surface area contributed by atoms with Crippen LogP contribution in [0.4, 0.5) is 4.39 Å². The topological polar surface area (TPSA) is 48.9 Å². The number of benzene rings is 1. The molecule has 0 amide bonds. The Bertz CT molecular complexity index is 515. The maximum atomic E-state index is 13.8. The van der Waals surface area contributed by atoms with Gasteiger partial charge in [0, 0.05) is 43.3 Å². The fourth-order valence-electron chi connectivity index (χ4n) is 2.55. The molecule has 0 spiro atoms. The minimum atomic E-state index is -0.265. The predicted octanol–water partition coefficient (Wildman–Crippen LogP) is 1.91. The molecule has 0 bridgehead atoms. The molecule has 0 aromatic heterocycles. The molecule has 1 saturated heterocycles. The van der Waals surface area contributed by atoms with E-state index in [0.717, 1.165) is 51.9 Å². The van der Waals surface area contributed by atoms with E-state index < -0.39 is 0 Å². The van der Waals surface area contributed by atoms with Crippen molar-refractivity contribution in [2.45, 2.75) is 13.3 Å². The molecule has 1 aromatic carbocycles. The van der Waals surface area contributed by atoms with Gasteiger partial charge in [0.15, 0.2) is 5.96 Å². The number of hydrogen-bond acceptors (Lipinski definition) is 3. The van der Waals surface area contributed by atoms with Crippen molar-refractivity contribution >= 4 is 17.6 Å². The molecule has 1 aliphatic rings. The zero-order valence-electron chi connectivity index (χ0n) is 14.2. The SMILES string of the molecule is CCNC(=NCCN1CCOCC1)NCCc1c(F)cccc1Cl. The minimum absolute atomic E-state index is 0.265. The first-order valence-corrected chi connectivity index (χ1v) is 8.83. The second kappa shape index (κ2) is 10.5. The fourth-order valence-corrected chi connectivity index (χ4v) is 2.80. The summed E-state index contributed by atoms with van der Waals surface area (Å²) >= 11 is 6.05. The van der Waals surface area contributed by atoms with Crippen molar-refractivity contribution in [1.82, 2.24) is 15.5 Å². The largest absolute Gasteiger partial charge is 0.379 e. The zero-order valence-corrected chi connectivity index (χ0v) is 14.9. The highest BCUT2D eigenvalue weighted by Crippen LogP contribution is 2.18. The summed E-state index contributed by atoms with van der Waals surface area (Å²) in [6.07, 6.45) is 0.513. The zero-order chi connectivity index (χ0) is 17.2. The Kier molecular flexibility index (Phi) is 8.28. The van der Waals surface area contributed by atoms with Crippen LogP contribution in [-0.2, 0) is 11.2 Å². The molecule has 0 saturated carbocycles. The maximum Gasteiger partial charge on any atom is 0.191 e. The van der Waals surface area contributed by atoms with E-state index in [-0.39, 0.29) is 5.82 Å². The number of aliphatic imine (C=N–C) groups is 1. The van der Waals surface area contributed by atoms with E-state index in [2.05, 4.69) is 20.5 Å². The first kappa shape index (κ1) is 19.0. The van der Waals surface area contributed by atoms with Crippen LogP contribution in [0.15, 0.2) is 23.2 Å². The molecule has 0 aliphatic carbocycles. The second-order valence-corrected chi connectivity index (χ2v) is 6.00. The van der Waals surface area contributed by atoms with Gasteiger partial charge in [-0.3, -0.25) is 9.89 Å². The smallest absolute Gasteiger partial charge is 0.191 e. The highest BCUT2D eigenvalue weighted by Gasteiger charge is 2.10. The van der Waals surface area contributed by atoms with Gasteiger partial charge in [-0.2, -0.15) is 0 Å². The highest BCUT2D eigenvalue weighted by atomic mass is 35.5. The molecule has 1 aromatic rings. The van der Waals surface area contributed by atoms with Crippen molar-refractivity contribution in [3.8, 4) is 0 Å². The quantitative estimate of drug-likeness (QED) is 0.579. The van der Waals surface area contributed by atoms with E-state index in [0.29, 0.717) is 23.6 Å². The number of ether oxygens (including phenoxy) is 1. The van der Waals surface area contributed by atoms with Gasteiger partial charge in [-0.1, -0.05) is 17.7 Å². The van der Waals surface area contributed by atoms with Crippen molar-refractivity contribution in [3.05, 3.63) is 34.6 Å². The highest BCUT2D eigenvalue weighted by molar-refractivity contribution is 6.31. The summed E-state index contributed by atoms with van der Waals surface area (Å²) in [6, 6.07) is 4.76. The summed E-state index contributed by atoms with van der Waals surface area (Å²) in [4.78, 5) is 6.91. The molecule has 134 valence electrons. The Labute approximate surface area is 148 Å². The Morgan fingerprint density at radius 2 is 2.12 bits per heavy atom. The number of morpholine rings is 1. The van der Waals surface area contributed by atoms with Crippen LogP contribution < -0.4 is 10.6 Å². The molecule has 0 unspecified atom stereocenters. The van der Waals surface area contributed by atoms with E-state index in [1.165, 1.54) is 6.07 Å². The molecule has 2 N–H and O–H groups in total. The molecule has 24 heavy (non-hydrogen) atoms. The second-order valence-electron chi connectivity index (χ2n) is 5.59. The van der Waals surface area contributed by atoms with E-state index >= 15 is 0 Å². The van der Waals surface area contributed by atoms with Crippen LogP contribution in [0, 0.1) is 5.82 Å². The van der Waals surface area contributed by atoms with E-state index in [4.69, 9.17) is 16.3 Å². The van der Waals surface area contributed by atoms with Crippen molar-refractivity contribution in [3.63, 3.8) is 0 Å². The fraction of sp³-hybridized carbons (Fsp3) is 0.588. The van der Waals surface area contributed by atoms with Gasteiger partial charge in [0.05, 0.1) is 19.8 Å². The summed E-state index contributed by atoms with van der Waals surface area (Å²) in [5.74, 6) is 0.483. The number of guanidine groups is 1. The number of nitrogens with one attached hydrogen (secondary N) is 2. The number of rotatable bonds is 7. The maximum absolute atomic E-state index is 13.8. The van der Waals surface area contributed by atoms with Crippen LogP contribution in [-0.4, -0.2) is 63.3 Å². The van der Waals surface area contributed by atoms with Crippen LogP contribution >= 0.6 is 11.6 Å². The summed E-state index contributed by atoms with van der Waals surface area (Å²) in [5.41, 5.74) is 0.538. The normalized spacial score (nSPS) is 16.2. The Hall–Kier alpha value is -1.37. The number of halogens is 2. The van der Waals surface area contributed by atoms with Gasteiger partial charge in [0.2, 0.25) is 0 Å². The summed E-state index contributed by atoms with van der Waals surface area (Å²) in [6.45, 7) is 8.53. The molecule has 5 nitrogen and oxygen atoms in total. The molecule has 1 aliphatic heterocycles. The lowest BCUT2D eigenvalue weighted by molar-refractivity contribution is 0.0394. The molecule has 1 fully saturated rings. The Balaban J connectivity index is 1.78. The lowest BCUT2D eigenvalue weighted by Gasteiger charge is -2.25. The van der Waals surface area contributed by atoms with Gasteiger partial charge in [0.1, 0.15) is 5.82 Å². The number of nitrogens with zero attached hydrogens (tertiary/aromatic N) is 2. The summed E-state index contributed by atoms with van der Waals surface area (Å²) < 4.78 is 19.1. The molecular formula is C17H26ClFN4O. The van der Waals surface area contributed by atoms with Crippen LogP contribution in [0.1, 0.15) is 12.5 Å². The first-order chi connectivity index (χ1) is 11.7. The minimum Gasteiger partial charge on any atom is -0.379 e. The summed E-state index contributed by atoms with van der Waals surface area (Å²) in [7, 11) is 0. The Morgan fingerprint density at radius 3 is 2.83 bits per heavy atom.